The van der Waals surface area contributed by atoms with Crippen molar-refractivity contribution in [2.75, 3.05) is 7.11 Å². The highest BCUT2D eigenvalue weighted by molar-refractivity contribution is 7.17. The largest absolute Gasteiger partial charge is 0.496 e. The van der Waals surface area contributed by atoms with Crippen molar-refractivity contribution in [2.45, 2.75) is 13.3 Å². The zero-order valence-corrected chi connectivity index (χ0v) is 12.1. The first-order valence-electron chi connectivity index (χ1n) is 6.34. The highest BCUT2D eigenvalue weighted by Gasteiger charge is 2.08. The van der Waals surface area contributed by atoms with Gasteiger partial charge >= 0.3 is 0 Å². The van der Waals surface area contributed by atoms with E-state index in [0.29, 0.717) is 0 Å². The zero-order valence-electron chi connectivity index (χ0n) is 11.3. The van der Waals surface area contributed by atoms with Gasteiger partial charge in [0.05, 0.1) is 7.11 Å². The van der Waals surface area contributed by atoms with Crippen LogP contribution in [0.15, 0.2) is 24.3 Å². The predicted molar refractivity (Wildman–Crippen MR) is 80.0 cm³/mol. The molecule has 0 aliphatic rings. The molecule has 3 rings (SSSR count). The molecule has 0 spiro atoms. The second kappa shape index (κ2) is 5.42. The molecule has 0 saturated carbocycles. The van der Waals surface area contributed by atoms with E-state index in [0.717, 1.165) is 33.5 Å². The molecule has 2 aromatic heterocycles. The van der Waals surface area contributed by atoms with Crippen molar-refractivity contribution < 1.29 is 4.74 Å². The Balaban J connectivity index is 1.92. The van der Waals surface area contributed by atoms with Crippen molar-refractivity contribution in [3.05, 3.63) is 40.7 Å². The van der Waals surface area contributed by atoms with Crippen LogP contribution in [-0.2, 0) is 6.42 Å². The van der Waals surface area contributed by atoms with E-state index in [9.17, 15) is 0 Å². The maximum atomic E-state index is 5.32. The molecule has 0 unspecified atom stereocenters. The normalized spacial score (nSPS) is 11.5. The van der Waals surface area contributed by atoms with Crippen molar-refractivity contribution in [3.63, 3.8) is 0 Å². The summed E-state index contributed by atoms with van der Waals surface area (Å²) in [6, 6.07) is 7.88. The Bertz CT molecular complexity index is 759. The average Bonchev–Trinajstić information content (AvgIpc) is 3.05. The molecule has 102 valence electrons. The summed E-state index contributed by atoms with van der Waals surface area (Å²) in [7, 11) is 1.67. The SMILES string of the molecule is CCc1nnc2sc(/C=C\c3ccccc3OC)nn12. The van der Waals surface area contributed by atoms with E-state index < -0.39 is 0 Å². The number of hydrogen-bond acceptors (Lipinski definition) is 5. The third-order valence-corrected chi connectivity index (χ3v) is 3.80. The molecule has 0 N–H and O–H groups in total. The highest BCUT2D eigenvalue weighted by atomic mass is 32.1. The number of para-hydroxylation sites is 1. The summed E-state index contributed by atoms with van der Waals surface area (Å²) in [6.07, 6.45) is 4.79. The minimum Gasteiger partial charge on any atom is -0.496 e. The summed E-state index contributed by atoms with van der Waals surface area (Å²) >= 11 is 1.52. The lowest BCUT2D eigenvalue weighted by Crippen LogP contribution is -1.93. The van der Waals surface area contributed by atoms with Crippen LogP contribution in [0, 0.1) is 0 Å². The molecule has 5 nitrogen and oxygen atoms in total. The zero-order chi connectivity index (χ0) is 13.9. The Morgan fingerprint density at radius 3 is 2.90 bits per heavy atom. The number of benzene rings is 1. The monoisotopic (exact) mass is 286 g/mol. The van der Waals surface area contributed by atoms with Gasteiger partial charge < -0.3 is 4.74 Å². The lowest BCUT2D eigenvalue weighted by Gasteiger charge is -2.02. The summed E-state index contributed by atoms with van der Waals surface area (Å²) in [6.45, 7) is 2.04. The van der Waals surface area contributed by atoms with Crippen molar-refractivity contribution in [1.82, 2.24) is 19.8 Å². The van der Waals surface area contributed by atoms with E-state index >= 15 is 0 Å². The first kappa shape index (κ1) is 12.8. The Morgan fingerprint density at radius 1 is 1.25 bits per heavy atom. The smallest absolute Gasteiger partial charge is 0.234 e. The number of fused-ring (bicyclic) bond motifs is 1. The molecule has 0 aliphatic carbocycles. The Kier molecular flexibility index (Phi) is 3.47. The van der Waals surface area contributed by atoms with Gasteiger partial charge in [0.25, 0.3) is 0 Å². The lowest BCUT2D eigenvalue weighted by atomic mass is 10.2. The topological polar surface area (TPSA) is 52.3 Å². The Hall–Kier alpha value is -2.21. The molecule has 0 amide bonds. The number of aryl methyl sites for hydroxylation is 1. The van der Waals surface area contributed by atoms with Crippen molar-refractivity contribution in [1.29, 1.82) is 0 Å². The number of rotatable bonds is 4. The van der Waals surface area contributed by atoms with Gasteiger partial charge in [0.1, 0.15) is 10.8 Å². The van der Waals surface area contributed by atoms with Gasteiger partial charge in [-0.15, -0.1) is 10.2 Å². The van der Waals surface area contributed by atoms with E-state index in [1.165, 1.54) is 11.3 Å². The second-order valence-electron chi connectivity index (χ2n) is 4.18. The van der Waals surface area contributed by atoms with Crippen LogP contribution >= 0.6 is 11.3 Å². The molecule has 1 aromatic carbocycles. The molecule has 2 heterocycles. The van der Waals surface area contributed by atoms with Crippen molar-refractivity contribution in [2.24, 2.45) is 0 Å². The number of methoxy groups -OCH3 is 1. The molecule has 0 radical (unpaired) electrons. The molecule has 0 atom stereocenters. The van der Waals surface area contributed by atoms with Gasteiger partial charge in [0.2, 0.25) is 4.96 Å². The van der Waals surface area contributed by atoms with Crippen LogP contribution in [0.5, 0.6) is 5.75 Å². The second-order valence-corrected chi connectivity index (χ2v) is 5.17. The number of hydrogen-bond donors (Lipinski definition) is 0. The lowest BCUT2D eigenvalue weighted by molar-refractivity contribution is 0.414. The molecule has 0 fully saturated rings. The molecular formula is C14H14N4OS. The van der Waals surface area contributed by atoms with E-state index in [1.54, 1.807) is 11.6 Å². The van der Waals surface area contributed by atoms with Gasteiger partial charge in [-0.05, 0) is 18.2 Å². The summed E-state index contributed by atoms with van der Waals surface area (Å²) in [4.78, 5) is 0.821. The van der Waals surface area contributed by atoms with Gasteiger partial charge in [-0.3, -0.25) is 0 Å². The molecule has 0 bridgehead atoms. The van der Waals surface area contributed by atoms with Gasteiger partial charge in [0, 0.05) is 12.0 Å². The maximum Gasteiger partial charge on any atom is 0.234 e. The minimum absolute atomic E-state index is 0.820. The van der Waals surface area contributed by atoms with Crippen LogP contribution in [0.1, 0.15) is 23.3 Å². The quantitative estimate of drug-likeness (QED) is 0.740. The molecular weight excluding hydrogens is 272 g/mol. The van der Waals surface area contributed by atoms with Crippen LogP contribution in [-0.4, -0.2) is 26.9 Å². The Labute approximate surface area is 120 Å². The fraction of sp³-hybridized carbons (Fsp3) is 0.214. The highest BCUT2D eigenvalue weighted by Crippen LogP contribution is 2.21. The predicted octanol–water partition coefficient (Wildman–Crippen LogP) is 2.93. The average molecular weight is 286 g/mol. The van der Waals surface area contributed by atoms with E-state index in [1.807, 2.05) is 43.3 Å². The van der Waals surface area contributed by atoms with Crippen LogP contribution in [0.25, 0.3) is 17.1 Å². The number of ether oxygens (including phenoxy) is 1. The molecule has 3 aromatic rings. The van der Waals surface area contributed by atoms with Crippen molar-refractivity contribution >= 4 is 28.4 Å². The number of aromatic nitrogens is 4. The van der Waals surface area contributed by atoms with Crippen molar-refractivity contribution in [3.8, 4) is 5.75 Å². The number of nitrogens with zero attached hydrogens (tertiary/aromatic N) is 4. The van der Waals surface area contributed by atoms with Crippen LogP contribution in [0.4, 0.5) is 0 Å². The van der Waals surface area contributed by atoms with Crippen LogP contribution < -0.4 is 4.74 Å². The van der Waals surface area contributed by atoms with Gasteiger partial charge in [-0.1, -0.05) is 36.5 Å². The first-order chi connectivity index (χ1) is 9.81. The minimum atomic E-state index is 0.820. The third kappa shape index (κ3) is 2.30. The Morgan fingerprint density at radius 2 is 2.10 bits per heavy atom. The van der Waals surface area contributed by atoms with Crippen LogP contribution in [0.3, 0.4) is 0 Å². The summed E-state index contributed by atoms with van der Waals surface area (Å²) in [5, 5.41) is 13.6. The summed E-state index contributed by atoms with van der Waals surface area (Å²) in [5.74, 6) is 1.73. The van der Waals surface area contributed by atoms with Gasteiger partial charge in [-0.2, -0.15) is 9.61 Å². The first-order valence-corrected chi connectivity index (χ1v) is 7.15. The van der Waals surface area contributed by atoms with Gasteiger partial charge in [0.15, 0.2) is 5.82 Å². The third-order valence-electron chi connectivity index (χ3n) is 2.93. The molecule has 20 heavy (non-hydrogen) atoms. The summed E-state index contributed by atoms with van der Waals surface area (Å²) in [5.41, 5.74) is 1.02. The molecule has 0 aliphatic heterocycles. The summed E-state index contributed by atoms with van der Waals surface area (Å²) < 4.78 is 7.12. The van der Waals surface area contributed by atoms with E-state index in [2.05, 4.69) is 15.3 Å². The molecule has 0 saturated heterocycles. The van der Waals surface area contributed by atoms with E-state index in [-0.39, 0.29) is 0 Å². The standard InChI is InChI=1S/C14H14N4OS/c1-3-12-15-16-14-18(12)17-13(20-14)9-8-10-6-4-5-7-11(10)19-2/h4-9H,3H2,1-2H3/b9-8-. The van der Waals surface area contributed by atoms with E-state index in [4.69, 9.17) is 4.74 Å². The fourth-order valence-electron chi connectivity index (χ4n) is 1.93. The molecule has 6 heteroatoms. The van der Waals surface area contributed by atoms with Crippen LogP contribution in [0.2, 0.25) is 0 Å². The van der Waals surface area contributed by atoms with Gasteiger partial charge in [-0.25, -0.2) is 0 Å². The fourth-order valence-corrected chi connectivity index (χ4v) is 2.69. The maximum absolute atomic E-state index is 5.32.